The van der Waals surface area contributed by atoms with Crippen LogP contribution < -0.4 is 0 Å². The standard InChI is InChI=1S/C16H24N2O3/c1-21-16(20)15-6-3-2-5-14(15)13-18-8-4-7-17(9-10-18)11-12-19/h2-3,5-6,19H,4,7-13H2,1H3. The lowest BCUT2D eigenvalue weighted by Gasteiger charge is -2.22. The maximum atomic E-state index is 11.8. The lowest BCUT2D eigenvalue weighted by Crippen LogP contribution is -2.32. The van der Waals surface area contributed by atoms with Gasteiger partial charge in [0.2, 0.25) is 0 Å². The molecule has 1 aliphatic heterocycles. The minimum atomic E-state index is -0.276. The van der Waals surface area contributed by atoms with Crippen molar-refractivity contribution in [2.24, 2.45) is 0 Å². The van der Waals surface area contributed by atoms with Gasteiger partial charge in [0.25, 0.3) is 0 Å². The molecule has 0 atom stereocenters. The molecule has 1 heterocycles. The second-order valence-corrected chi connectivity index (χ2v) is 5.34. The Hall–Kier alpha value is -1.43. The summed E-state index contributed by atoms with van der Waals surface area (Å²) < 4.78 is 4.85. The van der Waals surface area contributed by atoms with Crippen molar-refractivity contribution in [1.29, 1.82) is 0 Å². The monoisotopic (exact) mass is 292 g/mol. The van der Waals surface area contributed by atoms with Crippen LogP contribution in [0.3, 0.4) is 0 Å². The zero-order valence-electron chi connectivity index (χ0n) is 12.6. The van der Waals surface area contributed by atoms with Crippen molar-refractivity contribution < 1.29 is 14.6 Å². The first kappa shape index (κ1) is 15.9. The fourth-order valence-corrected chi connectivity index (χ4v) is 2.76. The molecule has 0 aliphatic carbocycles. The van der Waals surface area contributed by atoms with Crippen LogP contribution >= 0.6 is 0 Å². The number of ether oxygens (including phenoxy) is 1. The van der Waals surface area contributed by atoms with Gasteiger partial charge in [-0.1, -0.05) is 18.2 Å². The first-order chi connectivity index (χ1) is 10.2. The summed E-state index contributed by atoms with van der Waals surface area (Å²) >= 11 is 0. The van der Waals surface area contributed by atoms with Gasteiger partial charge in [-0.3, -0.25) is 9.80 Å². The van der Waals surface area contributed by atoms with E-state index in [4.69, 9.17) is 9.84 Å². The van der Waals surface area contributed by atoms with Crippen LogP contribution in [0.25, 0.3) is 0 Å². The lowest BCUT2D eigenvalue weighted by atomic mass is 10.1. The number of rotatable bonds is 5. The summed E-state index contributed by atoms with van der Waals surface area (Å²) in [4.78, 5) is 16.4. The fraction of sp³-hybridized carbons (Fsp3) is 0.562. The molecule has 5 nitrogen and oxygen atoms in total. The number of carbonyl (C=O) groups is 1. The third kappa shape index (κ3) is 4.52. The highest BCUT2D eigenvalue weighted by Crippen LogP contribution is 2.14. The summed E-state index contributed by atoms with van der Waals surface area (Å²) in [5.41, 5.74) is 1.66. The Morgan fingerprint density at radius 1 is 1.19 bits per heavy atom. The average molecular weight is 292 g/mol. The van der Waals surface area contributed by atoms with Crippen molar-refractivity contribution in [2.45, 2.75) is 13.0 Å². The van der Waals surface area contributed by atoms with E-state index in [0.29, 0.717) is 5.56 Å². The number of esters is 1. The molecule has 1 aromatic carbocycles. The van der Waals surface area contributed by atoms with Crippen molar-refractivity contribution in [3.05, 3.63) is 35.4 Å². The number of hydrogen-bond acceptors (Lipinski definition) is 5. The predicted octanol–water partition coefficient (Wildman–Crippen LogP) is 0.973. The van der Waals surface area contributed by atoms with Crippen LogP contribution in [-0.2, 0) is 11.3 Å². The summed E-state index contributed by atoms with van der Waals surface area (Å²) in [6.07, 6.45) is 1.08. The quantitative estimate of drug-likeness (QED) is 0.820. The third-order valence-corrected chi connectivity index (χ3v) is 3.91. The SMILES string of the molecule is COC(=O)c1ccccc1CN1CCCN(CCO)CC1. The molecule has 0 amide bonds. The van der Waals surface area contributed by atoms with E-state index in [1.807, 2.05) is 24.3 Å². The van der Waals surface area contributed by atoms with Gasteiger partial charge >= 0.3 is 5.97 Å². The molecule has 1 saturated heterocycles. The molecule has 1 N–H and O–H groups in total. The van der Waals surface area contributed by atoms with E-state index < -0.39 is 0 Å². The van der Waals surface area contributed by atoms with Gasteiger partial charge in [0.05, 0.1) is 19.3 Å². The average Bonchev–Trinajstić information content (AvgIpc) is 2.73. The molecule has 0 bridgehead atoms. The minimum Gasteiger partial charge on any atom is -0.465 e. The number of aliphatic hydroxyl groups is 1. The van der Waals surface area contributed by atoms with Crippen molar-refractivity contribution in [3.63, 3.8) is 0 Å². The summed E-state index contributed by atoms with van der Waals surface area (Å²) in [6, 6.07) is 7.62. The Kier molecular flexibility index (Phi) is 6.17. The summed E-state index contributed by atoms with van der Waals surface area (Å²) in [5, 5.41) is 9.03. The van der Waals surface area contributed by atoms with Gasteiger partial charge in [0.15, 0.2) is 0 Å². The summed E-state index contributed by atoms with van der Waals surface area (Å²) in [6.45, 7) is 5.67. The molecule has 0 aromatic heterocycles. The lowest BCUT2D eigenvalue weighted by molar-refractivity contribution is 0.0598. The number of hydrogen-bond donors (Lipinski definition) is 1. The largest absolute Gasteiger partial charge is 0.465 e. The Morgan fingerprint density at radius 2 is 1.90 bits per heavy atom. The molecule has 116 valence electrons. The second-order valence-electron chi connectivity index (χ2n) is 5.34. The van der Waals surface area contributed by atoms with E-state index in [1.54, 1.807) is 0 Å². The van der Waals surface area contributed by atoms with E-state index in [1.165, 1.54) is 7.11 Å². The van der Waals surface area contributed by atoms with Crippen LogP contribution in [0.15, 0.2) is 24.3 Å². The van der Waals surface area contributed by atoms with Gasteiger partial charge in [-0.05, 0) is 31.1 Å². The smallest absolute Gasteiger partial charge is 0.338 e. The van der Waals surface area contributed by atoms with E-state index in [0.717, 1.165) is 51.3 Å². The zero-order chi connectivity index (χ0) is 15.1. The molecule has 1 aromatic rings. The van der Waals surface area contributed by atoms with Crippen molar-refractivity contribution >= 4 is 5.97 Å². The van der Waals surface area contributed by atoms with E-state index in [-0.39, 0.29) is 12.6 Å². The molecule has 1 aliphatic rings. The van der Waals surface area contributed by atoms with Gasteiger partial charge in [0, 0.05) is 26.2 Å². The first-order valence-electron chi connectivity index (χ1n) is 7.46. The zero-order valence-corrected chi connectivity index (χ0v) is 12.6. The van der Waals surface area contributed by atoms with E-state index in [2.05, 4.69) is 9.80 Å². The van der Waals surface area contributed by atoms with E-state index >= 15 is 0 Å². The second kappa shape index (κ2) is 8.12. The van der Waals surface area contributed by atoms with Crippen molar-refractivity contribution in [3.8, 4) is 0 Å². The van der Waals surface area contributed by atoms with Crippen molar-refractivity contribution in [1.82, 2.24) is 9.80 Å². The minimum absolute atomic E-state index is 0.213. The number of carbonyl (C=O) groups excluding carboxylic acids is 1. The maximum absolute atomic E-state index is 11.8. The van der Waals surface area contributed by atoms with Crippen molar-refractivity contribution in [2.75, 3.05) is 46.4 Å². The highest BCUT2D eigenvalue weighted by molar-refractivity contribution is 5.90. The maximum Gasteiger partial charge on any atom is 0.338 e. The number of methoxy groups -OCH3 is 1. The molecule has 0 spiro atoms. The van der Waals surface area contributed by atoms with Gasteiger partial charge < -0.3 is 9.84 Å². The Bertz CT molecular complexity index is 465. The fourth-order valence-electron chi connectivity index (χ4n) is 2.76. The van der Waals surface area contributed by atoms with Gasteiger partial charge in [0.1, 0.15) is 0 Å². The third-order valence-electron chi connectivity index (χ3n) is 3.91. The summed E-state index contributed by atoms with van der Waals surface area (Å²) in [7, 11) is 1.41. The normalized spacial score (nSPS) is 17.4. The van der Waals surface area contributed by atoms with Gasteiger partial charge in [-0.15, -0.1) is 0 Å². The Balaban J connectivity index is 2.00. The van der Waals surface area contributed by atoms with Crippen LogP contribution in [-0.4, -0.2) is 67.3 Å². The highest BCUT2D eigenvalue weighted by atomic mass is 16.5. The molecule has 0 saturated carbocycles. The summed E-state index contributed by atoms with van der Waals surface area (Å²) in [5.74, 6) is -0.276. The molecule has 5 heteroatoms. The Morgan fingerprint density at radius 3 is 2.67 bits per heavy atom. The molecule has 1 fully saturated rings. The van der Waals surface area contributed by atoms with E-state index in [9.17, 15) is 4.79 Å². The van der Waals surface area contributed by atoms with Crippen LogP contribution in [0.2, 0.25) is 0 Å². The van der Waals surface area contributed by atoms with Crippen LogP contribution in [0, 0.1) is 0 Å². The topological polar surface area (TPSA) is 53.0 Å². The first-order valence-corrected chi connectivity index (χ1v) is 7.46. The molecular formula is C16H24N2O3. The highest BCUT2D eigenvalue weighted by Gasteiger charge is 2.17. The number of β-amino-alcohol motifs (C(OH)–C–C–N with tert-alkyl or cyclic N) is 1. The van der Waals surface area contributed by atoms with Crippen LogP contribution in [0.4, 0.5) is 0 Å². The van der Waals surface area contributed by atoms with Crippen LogP contribution in [0.1, 0.15) is 22.3 Å². The number of benzene rings is 1. The van der Waals surface area contributed by atoms with Crippen LogP contribution in [0.5, 0.6) is 0 Å². The molecule has 0 radical (unpaired) electrons. The molecule has 2 rings (SSSR count). The molecule has 21 heavy (non-hydrogen) atoms. The Labute approximate surface area is 126 Å². The van der Waals surface area contributed by atoms with Gasteiger partial charge in [-0.25, -0.2) is 4.79 Å². The molecule has 0 unspecified atom stereocenters. The van der Waals surface area contributed by atoms with Gasteiger partial charge in [-0.2, -0.15) is 0 Å². The number of nitrogens with zero attached hydrogens (tertiary/aromatic N) is 2. The molecular weight excluding hydrogens is 268 g/mol. The number of aliphatic hydroxyl groups excluding tert-OH is 1. The predicted molar refractivity (Wildman–Crippen MR) is 81.2 cm³/mol.